The summed E-state index contributed by atoms with van der Waals surface area (Å²) < 4.78 is 32.0. The second-order valence-electron chi connectivity index (χ2n) is 13.9. The topological polar surface area (TPSA) is 104 Å². The van der Waals surface area contributed by atoms with Crippen molar-refractivity contribution in [2.24, 2.45) is 17.8 Å². The van der Waals surface area contributed by atoms with Gasteiger partial charge in [0.1, 0.15) is 29.8 Å². The molecule has 3 fully saturated rings. The van der Waals surface area contributed by atoms with Crippen LogP contribution in [0.5, 0.6) is 0 Å². The Morgan fingerprint density at radius 3 is 2.65 bits per heavy atom. The molecular weight excluding hydrogens is 548 g/mol. The van der Waals surface area contributed by atoms with Crippen molar-refractivity contribution in [3.05, 3.63) is 47.1 Å². The molecule has 1 spiro atoms. The average Bonchev–Trinajstić information content (AvgIpc) is 3.21. The summed E-state index contributed by atoms with van der Waals surface area (Å²) in [4.78, 5) is 14.2. The SMILES string of the molecule is CC[C@H]1O[C@]2(CC[C@@H]1C)C[C@@H]1C[C@@H](C/C=C(\C)C[C@@H](C)/C=C/C=C3\[C@H](OC(C)C)O[C@@H]4[C@H](O)C(C)=C[C@@H](C(=O)O1)[C@]34O)O2. The number of aliphatic hydroxyl groups excluding tert-OH is 1. The van der Waals surface area contributed by atoms with Crippen molar-refractivity contribution in [2.75, 3.05) is 0 Å². The van der Waals surface area contributed by atoms with E-state index < -0.39 is 47.9 Å². The second kappa shape index (κ2) is 12.9. The molecule has 4 heterocycles. The van der Waals surface area contributed by atoms with Crippen LogP contribution in [-0.4, -0.2) is 70.5 Å². The minimum absolute atomic E-state index is 0.0831. The molecule has 4 aliphatic heterocycles. The first kappa shape index (κ1) is 32.6. The summed E-state index contributed by atoms with van der Waals surface area (Å²) in [7, 11) is 0. The molecule has 8 nitrogen and oxygen atoms in total. The standard InChI is InChI=1S/C35H52O8/c1-8-29-23(6)14-15-34(43-29)19-26-18-25(42-34)13-12-22(5)16-21(4)10-9-11-27-33(39-20(2)3)41-31-30(36)24(7)17-28(32(37)40-26)35(27,31)38/h9-12,17,20-21,23,25-26,28-31,33,36,38H,8,13-16,18-19H2,1-7H3/b10-9+,22-12+,27-11+/t21-,23-,25+,26-,28-,29+,30+,31+,33+,34+,35+/m0/s1. The van der Waals surface area contributed by atoms with Gasteiger partial charge in [-0.05, 0) is 70.8 Å². The number of carbonyl (C=O) groups is 1. The van der Waals surface area contributed by atoms with E-state index in [9.17, 15) is 15.0 Å². The summed E-state index contributed by atoms with van der Waals surface area (Å²) in [5, 5.41) is 23.6. The highest BCUT2D eigenvalue weighted by Gasteiger charge is 2.63. The summed E-state index contributed by atoms with van der Waals surface area (Å²) in [6, 6.07) is 0. The molecule has 2 N–H and O–H groups in total. The van der Waals surface area contributed by atoms with Crippen molar-refractivity contribution in [3.8, 4) is 0 Å². The number of fused-ring (bicyclic) bond motifs is 2. The van der Waals surface area contributed by atoms with Gasteiger partial charge in [-0.1, -0.05) is 56.7 Å². The Balaban J connectivity index is 1.55. The Bertz CT molecular complexity index is 1150. The average molecular weight is 601 g/mol. The molecule has 0 saturated carbocycles. The van der Waals surface area contributed by atoms with Gasteiger partial charge in [0.15, 0.2) is 12.1 Å². The molecule has 5 rings (SSSR count). The summed E-state index contributed by atoms with van der Waals surface area (Å²) in [5.41, 5.74) is 0.383. The van der Waals surface area contributed by atoms with Crippen LogP contribution in [0.15, 0.2) is 47.1 Å². The van der Waals surface area contributed by atoms with Crippen LogP contribution >= 0.6 is 0 Å². The maximum Gasteiger partial charge on any atom is 0.316 e. The Morgan fingerprint density at radius 1 is 1.16 bits per heavy atom. The molecule has 5 aliphatic rings. The summed E-state index contributed by atoms with van der Waals surface area (Å²) in [6.07, 6.45) is 11.0. The largest absolute Gasteiger partial charge is 0.462 e. The van der Waals surface area contributed by atoms with Crippen molar-refractivity contribution in [2.45, 2.75) is 148 Å². The highest BCUT2D eigenvalue weighted by Crippen LogP contribution is 2.49. The molecule has 11 atom stereocenters. The third-order valence-corrected chi connectivity index (χ3v) is 9.93. The number of hydrogen-bond acceptors (Lipinski definition) is 8. The smallest absolute Gasteiger partial charge is 0.316 e. The lowest BCUT2D eigenvalue weighted by Gasteiger charge is -2.50. The van der Waals surface area contributed by atoms with Crippen LogP contribution in [0.4, 0.5) is 0 Å². The molecule has 2 bridgehead atoms. The van der Waals surface area contributed by atoms with Gasteiger partial charge in [0.2, 0.25) is 0 Å². The van der Waals surface area contributed by atoms with Gasteiger partial charge >= 0.3 is 5.97 Å². The predicted molar refractivity (Wildman–Crippen MR) is 163 cm³/mol. The van der Waals surface area contributed by atoms with Crippen molar-refractivity contribution in [3.63, 3.8) is 0 Å². The number of allylic oxidation sites excluding steroid dienone is 4. The van der Waals surface area contributed by atoms with Gasteiger partial charge in [-0.15, -0.1) is 0 Å². The van der Waals surface area contributed by atoms with Crippen LogP contribution in [0.3, 0.4) is 0 Å². The third-order valence-electron chi connectivity index (χ3n) is 9.93. The number of carbonyl (C=O) groups excluding carboxylic acids is 1. The highest BCUT2D eigenvalue weighted by molar-refractivity contribution is 5.78. The van der Waals surface area contributed by atoms with Crippen LogP contribution in [0, 0.1) is 17.8 Å². The maximum atomic E-state index is 14.2. The maximum absolute atomic E-state index is 14.2. The number of esters is 1. The third kappa shape index (κ3) is 6.61. The van der Waals surface area contributed by atoms with E-state index in [2.05, 4.69) is 39.8 Å². The molecule has 0 amide bonds. The fourth-order valence-electron chi connectivity index (χ4n) is 7.62. The molecule has 240 valence electrons. The molecule has 0 aromatic carbocycles. The molecule has 0 aromatic heterocycles. The van der Waals surface area contributed by atoms with Crippen LogP contribution in [0.1, 0.15) is 93.4 Å². The molecule has 0 unspecified atom stereocenters. The van der Waals surface area contributed by atoms with Gasteiger partial charge < -0.3 is 33.9 Å². The van der Waals surface area contributed by atoms with Crippen LogP contribution in [0.2, 0.25) is 0 Å². The molecule has 3 saturated heterocycles. The minimum atomic E-state index is -1.84. The minimum Gasteiger partial charge on any atom is -0.462 e. The highest BCUT2D eigenvalue weighted by atomic mass is 16.7. The molecule has 0 aromatic rings. The van der Waals surface area contributed by atoms with E-state index in [1.54, 1.807) is 19.1 Å². The number of ether oxygens (including phenoxy) is 5. The Hall–Kier alpha value is -1.81. The summed E-state index contributed by atoms with van der Waals surface area (Å²) in [5.74, 6) is -1.77. The van der Waals surface area contributed by atoms with Gasteiger partial charge in [-0.25, -0.2) is 0 Å². The number of aliphatic hydroxyl groups is 2. The normalized spacial score (nSPS) is 47.2. The Morgan fingerprint density at radius 2 is 1.93 bits per heavy atom. The Labute approximate surface area is 257 Å². The van der Waals surface area contributed by atoms with E-state index in [-0.39, 0.29) is 24.2 Å². The van der Waals surface area contributed by atoms with Crippen LogP contribution in [-0.2, 0) is 28.5 Å². The number of hydrogen-bond donors (Lipinski definition) is 2. The quantitative estimate of drug-likeness (QED) is 0.315. The van der Waals surface area contributed by atoms with Gasteiger partial charge in [-0.3, -0.25) is 4.79 Å². The van der Waals surface area contributed by atoms with Crippen molar-refractivity contribution >= 4 is 5.97 Å². The first-order chi connectivity index (χ1) is 20.3. The summed E-state index contributed by atoms with van der Waals surface area (Å²) in [6.45, 7) is 14.2. The number of rotatable bonds is 3. The molecule has 1 aliphatic carbocycles. The van der Waals surface area contributed by atoms with Crippen LogP contribution < -0.4 is 0 Å². The van der Waals surface area contributed by atoms with E-state index in [1.807, 2.05) is 19.9 Å². The van der Waals surface area contributed by atoms with E-state index >= 15 is 0 Å². The molecular formula is C35H52O8. The lowest BCUT2D eigenvalue weighted by atomic mass is 9.70. The zero-order chi connectivity index (χ0) is 31.1. The monoisotopic (exact) mass is 600 g/mol. The van der Waals surface area contributed by atoms with E-state index in [4.69, 9.17) is 23.7 Å². The van der Waals surface area contributed by atoms with E-state index in [0.717, 1.165) is 25.7 Å². The predicted octanol–water partition coefficient (Wildman–Crippen LogP) is 5.68. The lowest BCUT2D eigenvalue weighted by Crippen LogP contribution is -2.58. The second-order valence-corrected chi connectivity index (χ2v) is 13.9. The van der Waals surface area contributed by atoms with Crippen molar-refractivity contribution < 1.29 is 38.7 Å². The molecule has 43 heavy (non-hydrogen) atoms. The van der Waals surface area contributed by atoms with Crippen LogP contribution in [0.25, 0.3) is 0 Å². The van der Waals surface area contributed by atoms with Crippen molar-refractivity contribution in [1.82, 2.24) is 0 Å². The summed E-state index contributed by atoms with van der Waals surface area (Å²) >= 11 is 0. The zero-order valence-corrected chi connectivity index (χ0v) is 27.0. The first-order valence-corrected chi connectivity index (χ1v) is 16.4. The molecule has 8 heteroatoms. The zero-order valence-electron chi connectivity index (χ0n) is 27.0. The van der Waals surface area contributed by atoms with Gasteiger partial charge in [0.25, 0.3) is 0 Å². The van der Waals surface area contributed by atoms with E-state index in [0.29, 0.717) is 36.3 Å². The van der Waals surface area contributed by atoms with Gasteiger partial charge in [0, 0.05) is 24.8 Å². The Kier molecular flexibility index (Phi) is 9.77. The van der Waals surface area contributed by atoms with E-state index in [1.165, 1.54) is 5.57 Å². The van der Waals surface area contributed by atoms with Gasteiger partial charge in [-0.2, -0.15) is 0 Å². The fraction of sp³-hybridized carbons (Fsp3) is 0.743. The first-order valence-electron chi connectivity index (χ1n) is 16.4. The lowest BCUT2D eigenvalue weighted by molar-refractivity contribution is -0.335. The fourth-order valence-corrected chi connectivity index (χ4v) is 7.62. The van der Waals surface area contributed by atoms with Gasteiger partial charge in [0.05, 0.1) is 18.3 Å². The molecule has 0 radical (unpaired) electrons. The van der Waals surface area contributed by atoms with Crippen molar-refractivity contribution in [1.29, 1.82) is 0 Å².